The highest BCUT2D eigenvalue weighted by atomic mass is 35.5. The predicted molar refractivity (Wildman–Crippen MR) is 129 cm³/mol. The number of ether oxygens (including phenoxy) is 2. The normalized spacial score (nSPS) is 15.1. The van der Waals surface area contributed by atoms with Gasteiger partial charge in [0, 0.05) is 0 Å². The number of hydrogen-bond donors (Lipinski definition) is 1. The third kappa shape index (κ3) is 5.00. The number of sulfonamides is 1. The van der Waals surface area contributed by atoms with E-state index < -0.39 is 28.0 Å². The Kier molecular flexibility index (Phi) is 6.76. The number of fused-ring (bicyclic) bond motifs is 1. The third-order valence-corrected chi connectivity index (χ3v) is 7.25. The van der Waals surface area contributed by atoms with Gasteiger partial charge in [-0.05, 0) is 35.9 Å². The number of anilines is 2. The van der Waals surface area contributed by atoms with Crippen LogP contribution in [-0.4, -0.2) is 40.1 Å². The monoisotopic (exact) mass is 500 g/mol. The van der Waals surface area contributed by atoms with Crippen molar-refractivity contribution in [2.24, 2.45) is 0 Å². The van der Waals surface area contributed by atoms with E-state index in [1.165, 1.54) is 29.6 Å². The van der Waals surface area contributed by atoms with Gasteiger partial charge in [0.2, 0.25) is 10.0 Å². The summed E-state index contributed by atoms with van der Waals surface area (Å²) in [5, 5.41) is 2.83. The standard InChI is InChI=1S/C24H21ClN2O6S/c1-32-24(29)17-11-12-18(25)19(13-17)26-23(28)22-14-27(20-9-5-6-10-21(20)33-22)34(30,31)15-16-7-3-2-4-8-16/h2-13,22H,14-15H2,1H3,(H,26,28)/t22-/m1/s1. The number of benzene rings is 3. The van der Waals surface area contributed by atoms with E-state index in [9.17, 15) is 18.0 Å². The molecule has 0 saturated heterocycles. The van der Waals surface area contributed by atoms with Crippen LogP contribution in [0.4, 0.5) is 11.4 Å². The molecule has 1 amide bonds. The van der Waals surface area contributed by atoms with Gasteiger partial charge < -0.3 is 14.8 Å². The van der Waals surface area contributed by atoms with E-state index in [1.807, 2.05) is 0 Å². The van der Waals surface area contributed by atoms with Gasteiger partial charge in [-0.15, -0.1) is 0 Å². The lowest BCUT2D eigenvalue weighted by molar-refractivity contribution is -0.122. The molecule has 176 valence electrons. The van der Waals surface area contributed by atoms with Gasteiger partial charge in [0.1, 0.15) is 5.75 Å². The van der Waals surface area contributed by atoms with E-state index in [2.05, 4.69) is 5.32 Å². The van der Waals surface area contributed by atoms with Crippen molar-refractivity contribution in [2.45, 2.75) is 11.9 Å². The van der Waals surface area contributed by atoms with Crippen LogP contribution in [0.15, 0.2) is 72.8 Å². The van der Waals surface area contributed by atoms with Crippen LogP contribution in [-0.2, 0) is 25.3 Å². The molecule has 1 heterocycles. The summed E-state index contributed by atoms with van der Waals surface area (Å²) in [6.45, 7) is -0.230. The molecule has 1 atom stereocenters. The SMILES string of the molecule is COC(=O)c1ccc(Cl)c(NC(=O)[C@H]2CN(S(=O)(=O)Cc3ccccc3)c3ccccc3O2)c1. The van der Waals surface area contributed by atoms with Crippen molar-refractivity contribution in [3.05, 3.63) is 88.9 Å². The number of para-hydroxylation sites is 2. The second-order valence-electron chi connectivity index (χ2n) is 7.52. The fourth-order valence-electron chi connectivity index (χ4n) is 3.54. The van der Waals surface area contributed by atoms with Crippen molar-refractivity contribution in [2.75, 3.05) is 23.3 Å². The van der Waals surface area contributed by atoms with Crippen LogP contribution in [0.1, 0.15) is 15.9 Å². The molecule has 4 rings (SSSR count). The van der Waals surface area contributed by atoms with Gasteiger partial charge in [0.05, 0.1) is 41.4 Å². The van der Waals surface area contributed by atoms with Crippen molar-refractivity contribution >= 4 is 44.9 Å². The van der Waals surface area contributed by atoms with Crippen molar-refractivity contribution in [3.63, 3.8) is 0 Å². The average Bonchev–Trinajstić information content (AvgIpc) is 2.84. The minimum Gasteiger partial charge on any atom is -0.476 e. The molecule has 0 spiro atoms. The largest absolute Gasteiger partial charge is 0.476 e. The first kappa shape index (κ1) is 23.6. The Bertz CT molecular complexity index is 1330. The lowest BCUT2D eigenvalue weighted by Crippen LogP contribution is -2.49. The summed E-state index contributed by atoms with van der Waals surface area (Å²) >= 11 is 6.19. The van der Waals surface area contributed by atoms with Gasteiger partial charge in [-0.2, -0.15) is 0 Å². The van der Waals surface area contributed by atoms with Gasteiger partial charge in [0.15, 0.2) is 6.10 Å². The fraction of sp³-hybridized carbons (Fsp3) is 0.167. The smallest absolute Gasteiger partial charge is 0.337 e. The van der Waals surface area contributed by atoms with Gasteiger partial charge in [-0.25, -0.2) is 13.2 Å². The highest BCUT2D eigenvalue weighted by Crippen LogP contribution is 2.36. The summed E-state index contributed by atoms with van der Waals surface area (Å²) in [5.41, 5.74) is 1.35. The molecule has 1 aliphatic heterocycles. The van der Waals surface area contributed by atoms with E-state index in [0.29, 0.717) is 11.3 Å². The Morgan fingerprint density at radius 3 is 2.53 bits per heavy atom. The molecule has 10 heteroatoms. The van der Waals surface area contributed by atoms with Crippen LogP contribution in [0.2, 0.25) is 5.02 Å². The van der Waals surface area contributed by atoms with Crippen LogP contribution >= 0.6 is 11.6 Å². The lowest BCUT2D eigenvalue weighted by atomic mass is 10.2. The number of halogens is 1. The summed E-state index contributed by atoms with van der Waals surface area (Å²) in [5.74, 6) is -1.17. The summed E-state index contributed by atoms with van der Waals surface area (Å²) in [6.07, 6.45) is -1.15. The predicted octanol–water partition coefficient (Wildman–Crippen LogP) is 3.86. The molecule has 1 aliphatic rings. The highest BCUT2D eigenvalue weighted by molar-refractivity contribution is 7.92. The first-order valence-corrected chi connectivity index (χ1v) is 12.3. The summed E-state index contributed by atoms with van der Waals surface area (Å²) in [6, 6.07) is 19.7. The highest BCUT2D eigenvalue weighted by Gasteiger charge is 2.37. The quantitative estimate of drug-likeness (QED) is 0.516. The van der Waals surface area contributed by atoms with Crippen LogP contribution in [0.25, 0.3) is 0 Å². The molecule has 0 saturated carbocycles. The molecule has 0 unspecified atom stereocenters. The van der Waals surface area contributed by atoms with Gasteiger partial charge in [-0.3, -0.25) is 9.10 Å². The Hall–Kier alpha value is -3.56. The van der Waals surface area contributed by atoms with Crippen LogP contribution < -0.4 is 14.4 Å². The van der Waals surface area contributed by atoms with Crippen molar-refractivity contribution < 1.29 is 27.5 Å². The Morgan fingerprint density at radius 2 is 1.79 bits per heavy atom. The van der Waals surface area contributed by atoms with E-state index >= 15 is 0 Å². The number of methoxy groups -OCH3 is 1. The number of nitrogens with zero attached hydrogens (tertiary/aromatic N) is 1. The van der Waals surface area contributed by atoms with E-state index in [-0.39, 0.29) is 34.3 Å². The molecule has 34 heavy (non-hydrogen) atoms. The Balaban J connectivity index is 1.61. The van der Waals surface area contributed by atoms with Gasteiger partial charge >= 0.3 is 5.97 Å². The molecule has 0 aromatic heterocycles. The zero-order chi connectivity index (χ0) is 24.3. The third-order valence-electron chi connectivity index (χ3n) is 5.20. The molecule has 8 nitrogen and oxygen atoms in total. The Morgan fingerprint density at radius 1 is 1.09 bits per heavy atom. The zero-order valence-electron chi connectivity index (χ0n) is 18.1. The number of carbonyl (C=O) groups excluding carboxylic acids is 2. The van der Waals surface area contributed by atoms with E-state index in [0.717, 1.165) is 0 Å². The summed E-state index contributed by atoms with van der Waals surface area (Å²) in [4.78, 5) is 24.9. The second-order valence-corrected chi connectivity index (χ2v) is 9.82. The minimum absolute atomic E-state index is 0.177. The topological polar surface area (TPSA) is 102 Å². The second kappa shape index (κ2) is 9.74. The van der Waals surface area contributed by atoms with Gasteiger partial charge in [0.25, 0.3) is 5.91 Å². The zero-order valence-corrected chi connectivity index (χ0v) is 19.7. The molecule has 0 aliphatic carbocycles. The van der Waals surface area contributed by atoms with E-state index in [4.69, 9.17) is 21.1 Å². The molecular weight excluding hydrogens is 480 g/mol. The maximum Gasteiger partial charge on any atom is 0.337 e. The molecule has 0 radical (unpaired) electrons. The van der Waals surface area contributed by atoms with Gasteiger partial charge in [-0.1, -0.05) is 54.1 Å². The fourth-order valence-corrected chi connectivity index (χ4v) is 5.29. The molecule has 3 aromatic carbocycles. The maximum absolute atomic E-state index is 13.3. The van der Waals surface area contributed by atoms with Crippen molar-refractivity contribution in [3.8, 4) is 5.75 Å². The molecular formula is C24H21ClN2O6S. The number of hydrogen-bond acceptors (Lipinski definition) is 6. The van der Waals surface area contributed by atoms with Crippen LogP contribution in [0.3, 0.4) is 0 Å². The summed E-state index contributed by atoms with van der Waals surface area (Å²) < 4.78 is 38.4. The van der Waals surface area contributed by atoms with Crippen LogP contribution in [0.5, 0.6) is 5.75 Å². The number of esters is 1. The maximum atomic E-state index is 13.3. The molecule has 3 aromatic rings. The molecule has 0 bridgehead atoms. The minimum atomic E-state index is -3.83. The first-order chi connectivity index (χ1) is 16.3. The first-order valence-electron chi connectivity index (χ1n) is 10.3. The van der Waals surface area contributed by atoms with Crippen LogP contribution in [0, 0.1) is 0 Å². The number of amides is 1. The molecule has 0 fully saturated rings. The number of nitrogens with one attached hydrogen (secondary N) is 1. The van der Waals surface area contributed by atoms with Crippen molar-refractivity contribution in [1.29, 1.82) is 0 Å². The van der Waals surface area contributed by atoms with E-state index in [1.54, 1.807) is 54.6 Å². The Labute approximate surface area is 202 Å². The number of rotatable bonds is 6. The number of carbonyl (C=O) groups is 2. The molecule has 1 N–H and O–H groups in total. The van der Waals surface area contributed by atoms with Crippen molar-refractivity contribution in [1.82, 2.24) is 0 Å². The summed E-state index contributed by atoms with van der Waals surface area (Å²) in [7, 11) is -2.59. The average molecular weight is 501 g/mol. The lowest BCUT2D eigenvalue weighted by Gasteiger charge is -2.34.